The molecule has 1 fully saturated rings. The summed E-state index contributed by atoms with van der Waals surface area (Å²) in [5, 5.41) is 0. The van der Waals surface area contributed by atoms with E-state index in [9.17, 15) is 9.59 Å². The van der Waals surface area contributed by atoms with Crippen LogP contribution in [0.25, 0.3) is 0 Å². The van der Waals surface area contributed by atoms with Gasteiger partial charge < -0.3 is 14.6 Å². The molecule has 0 atom stereocenters. The number of aromatic amines is 1. The van der Waals surface area contributed by atoms with E-state index in [1.54, 1.807) is 6.92 Å². The van der Waals surface area contributed by atoms with E-state index in [0.717, 1.165) is 53.6 Å². The van der Waals surface area contributed by atoms with Gasteiger partial charge in [0.05, 0.1) is 6.61 Å². The number of H-pyrrole nitrogens is 1. The predicted octanol–water partition coefficient (Wildman–Crippen LogP) is 5.09. The van der Waals surface area contributed by atoms with Crippen molar-refractivity contribution >= 4 is 11.9 Å². The summed E-state index contributed by atoms with van der Waals surface area (Å²) in [5.74, 6) is -0.275. The molecule has 3 rings (SSSR count). The van der Waals surface area contributed by atoms with Crippen molar-refractivity contribution < 1.29 is 14.3 Å². The van der Waals surface area contributed by atoms with Gasteiger partial charge in [-0.15, -0.1) is 0 Å². The van der Waals surface area contributed by atoms with Gasteiger partial charge in [-0.1, -0.05) is 37.0 Å². The first-order valence-electron chi connectivity index (χ1n) is 10.6. The van der Waals surface area contributed by atoms with E-state index >= 15 is 0 Å². The second-order valence-corrected chi connectivity index (χ2v) is 8.04. The Morgan fingerprint density at radius 1 is 1.07 bits per heavy atom. The summed E-state index contributed by atoms with van der Waals surface area (Å²) in [7, 11) is 0. The Hall–Kier alpha value is -2.56. The van der Waals surface area contributed by atoms with Crippen LogP contribution in [0.15, 0.2) is 24.3 Å². The van der Waals surface area contributed by atoms with Crippen LogP contribution in [0, 0.1) is 20.8 Å². The summed E-state index contributed by atoms with van der Waals surface area (Å²) in [6.45, 7) is 8.56. The van der Waals surface area contributed by atoms with E-state index in [-0.39, 0.29) is 17.9 Å². The van der Waals surface area contributed by atoms with Crippen molar-refractivity contribution in [3.63, 3.8) is 0 Å². The highest BCUT2D eigenvalue weighted by Gasteiger charge is 2.29. The van der Waals surface area contributed by atoms with Crippen molar-refractivity contribution in [2.45, 2.75) is 72.4 Å². The molecule has 5 nitrogen and oxygen atoms in total. The lowest BCUT2D eigenvalue weighted by Gasteiger charge is -2.35. The predicted molar refractivity (Wildman–Crippen MR) is 114 cm³/mol. The molecule has 0 bridgehead atoms. The number of aryl methyl sites for hydroxylation is 2. The average molecular weight is 397 g/mol. The van der Waals surface area contributed by atoms with Gasteiger partial charge >= 0.3 is 5.97 Å². The van der Waals surface area contributed by atoms with Gasteiger partial charge in [0.1, 0.15) is 5.69 Å². The molecule has 156 valence electrons. The van der Waals surface area contributed by atoms with Gasteiger partial charge in [-0.25, -0.2) is 4.79 Å². The van der Waals surface area contributed by atoms with Gasteiger partial charge in [0.25, 0.3) is 5.91 Å². The summed E-state index contributed by atoms with van der Waals surface area (Å²) in [6, 6.07) is 8.02. The molecule has 29 heavy (non-hydrogen) atoms. The molecular weight excluding hydrogens is 364 g/mol. The SMILES string of the molecule is CCOC(=O)c1[nH]c(C)c(CN(C(=O)c2ccc(C)cc2)C2CCCCC2)c1C. The highest BCUT2D eigenvalue weighted by Crippen LogP contribution is 2.28. The summed E-state index contributed by atoms with van der Waals surface area (Å²) in [5.41, 5.74) is 5.16. The van der Waals surface area contributed by atoms with Crippen molar-refractivity contribution in [3.8, 4) is 0 Å². The number of hydrogen-bond donors (Lipinski definition) is 1. The number of nitrogens with zero attached hydrogens (tertiary/aromatic N) is 1. The number of esters is 1. The van der Waals surface area contributed by atoms with Crippen LogP contribution in [0.4, 0.5) is 0 Å². The Balaban J connectivity index is 1.92. The molecule has 0 spiro atoms. The van der Waals surface area contributed by atoms with Crippen LogP contribution < -0.4 is 0 Å². The molecule has 2 aromatic rings. The maximum Gasteiger partial charge on any atom is 0.355 e. The molecule has 5 heteroatoms. The third kappa shape index (κ3) is 4.72. The lowest BCUT2D eigenvalue weighted by atomic mass is 9.93. The molecule has 1 aliphatic carbocycles. The van der Waals surface area contributed by atoms with Crippen LogP contribution in [0.1, 0.15) is 82.3 Å². The van der Waals surface area contributed by atoms with E-state index in [1.807, 2.05) is 49.9 Å². The van der Waals surface area contributed by atoms with Crippen LogP contribution in [0.2, 0.25) is 0 Å². The quantitative estimate of drug-likeness (QED) is 0.692. The van der Waals surface area contributed by atoms with Gasteiger partial charge in [0.15, 0.2) is 0 Å². The molecule has 0 aliphatic heterocycles. The number of benzene rings is 1. The molecule has 1 heterocycles. The molecule has 1 aliphatic rings. The van der Waals surface area contributed by atoms with E-state index in [2.05, 4.69) is 4.98 Å². The van der Waals surface area contributed by atoms with Gasteiger partial charge in [0, 0.05) is 23.8 Å². The van der Waals surface area contributed by atoms with E-state index in [0.29, 0.717) is 18.8 Å². The molecule has 0 unspecified atom stereocenters. The van der Waals surface area contributed by atoms with Crippen molar-refractivity contribution in [1.82, 2.24) is 9.88 Å². The number of rotatable bonds is 6. The van der Waals surface area contributed by atoms with Crippen molar-refractivity contribution in [3.05, 3.63) is 57.9 Å². The second-order valence-electron chi connectivity index (χ2n) is 8.04. The molecule has 0 radical (unpaired) electrons. The largest absolute Gasteiger partial charge is 0.461 e. The number of ether oxygens (including phenoxy) is 1. The minimum absolute atomic E-state index is 0.0644. The number of nitrogens with one attached hydrogen (secondary N) is 1. The number of aromatic nitrogens is 1. The van der Waals surface area contributed by atoms with E-state index < -0.39 is 0 Å². The molecule has 1 aromatic carbocycles. The standard InChI is InChI=1S/C24H32N2O3/c1-5-29-24(28)22-17(3)21(18(4)25-22)15-26(20-9-7-6-8-10-20)23(27)19-13-11-16(2)12-14-19/h11-14,20,25H,5-10,15H2,1-4H3. The smallest absolute Gasteiger partial charge is 0.355 e. The van der Waals surface area contributed by atoms with Gasteiger partial charge in [-0.3, -0.25) is 4.79 Å². The highest BCUT2D eigenvalue weighted by molar-refractivity contribution is 5.94. The maximum absolute atomic E-state index is 13.4. The third-order valence-corrected chi connectivity index (χ3v) is 5.98. The fraction of sp³-hybridized carbons (Fsp3) is 0.500. The topological polar surface area (TPSA) is 62.4 Å². The maximum atomic E-state index is 13.4. The van der Waals surface area contributed by atoms with Crippen LogP contribution in [0.3, 0.4) is 0 Å². The van der Waals surface area contributed by atoms with Crippen molar-refractivity contribution in [2.24, 2.45) is 0 Å². The normalized spacial score (nSPS) is 14.6. The Morgan fingerprint density at radius 2 is 1.72 bits per heavy atom. The Labute approximate surface area is 173 Å². The van der Waals surface area contributed by atoms with Crippen LogP contribution in [0.5, 0.6) is 0 Å². The molecular formula is C24H32N2O3. The number of hydrogen-bond acceptors (Lipinski definition) is 3. The molecule has 0 saturated heterocycles. The molecule has 1 amide bonds. The molecule has 1 N–H and O–H groups in total. The Bertz CT molecular complexity index is 861. The van der Waals surface area contributed by atoms with Crippen molar-refractivity contribution in [1.29, 1.82) is 0 Å². The van der Waals surface area contributed by atoms with Gasteiger partial charge in [0.2, 0.25) is 0 Å². The van der Waals surface area contributed by atoms with E-state index in [1.165, 1.54) is 6.42 Å². The first kappa shape index (κ1) is 21.2. The minimum atomic E-state index is -0.339. The third-order valence-electron chi connectivity index (χ3n) is 5.98. The Morgan fingerprint density at radius 3 is 2.34 bits per heavy atom. The first-order valence-corrected chi connectivity index (χ1v) is 10.6. The number of amides is 1. The lowest BCUT2D eigenvalue weighted by molar-refractivity contribution is 0.0519. The fourth-order valence-electron chi connectivity index (χ4n) is 4.23. The summed E-state index contributed by atoms with van der Waals surface area (Å²) in [6.07, 6.45) is 5.61. The lowest BCUT2D eigenvalue weighted by Crippen LogP contribution is -2.41. The first-order chi connectivity index (χ1) is 13.9. The summed E-state index contributed by atoms with van der Waals surface area (Å²) < 4.78 is 5.18. The summed E-state index contributed by atoms with van der Waals surface area (Å²) >= 11 is 0. The highest BCUT2D eigenvalue weighted by atomic mass is 16.5. The van der Waals surface area contributed by atoms with Gasteiger partial charge in [-0.05, 0) is 63.8 Å². The molecule has 1 aromatic heterocycles. The van der Waals surface area contributed by atoms with Crippen LogP contribution in [-0.4, -0.2) is 34.4 Å². The molecule has 1 saturated carbocycles. The van der Waals surface area contributed by atoms with Gasteiger partial charge in [-0.2, -0.15) is 0 Å². The van der Waals surface area contributed by atoms with Crippen LogP contribution in [-0.2, 0) is 11.3 Å². The van der Waals surface area contributed by atoms with Crippen LogP contribution >= 0.6 is 0 Å². The number of carbonyl (C=O) groups is 2. The fourth-order valence-corrected chi connectivity index (χ4v) is 4.23. The Kier molecular flexibility index (Phi) is 6.78. The zero-order chi connectivity index (χ0) is 21.0. The second kappa shape index (κ2) is 9.29. The zero-order valence-corrected chi connectivity index (χ0v) is 18.0. The minimum Gasteiger partial charge on any atom is -0.461 e. The zero-order valence-electron chi connectivity index (χ0n) is 18.0. The number of carbonyl (C=O) groups excluding carboxylic acids is 2. The summed E-state index contributed by atoms with van der Waals surface area (Å²) in [4.78, 5) is 30.9. The van der Waals surface area contributed by atoms with Crippen molar-refractivity contribution in [2.75, 3.05) is 6.61 Å². The van der Waals surface area contributed by atoms with E-state index in [4.69, 9.17) is 4.74 Å². The average Bonchev–Trinajstić information content (AvgIpc) is 3.01. The monoisotopic (exact) mass is 396 g/mol.